The minimum atomic E-state index is -1.46. The van der Waals surface area contributed by atoms with Crippen LogP contribution in [-0.2, 0) is 9.53 Å². The zero-order chi connectivity index (χ0) is 11.6. The summed E-state index contributed by atoms with van der Waals surface area (Å²) in [7, 11) is 1.15. The van der Waals surface area contributed by atoms with E-state index >= 15 is 0 Å². The minimum absolute atomic E-state index is 0.176. The van der Waals surface area contributed by atoms with E-state index in [9.17, 15) is 20.1 Å². The fraction of sp³-hybridized carbons (Fsp3) is 0.300. The zero-order valence-corrected chi connectivity index (χ0v) is 8.39. The van der Waals surface area contributed by atoms with Gasteiger partial charge in [-0.15, -0.1) is 0 Å². The van der Waals surface area contributed by atoms with Gasteiger partial charge in [0.1, 0.15) is 0 Å². The molecule has 5 nitrogen and oxygen atoms in total. The zero-order valence-electron chi connectivity index (χ0n) is 8.39. The lowest BCUT2D eigenvalue weighted by Crippen LogP contribution is -2.13. The summed E-state index contributed by atoms with van der Waals surface area (Å²) in [5.41, 5.74) is 0.544. The van der Waals surface area contributed by atoms with Crippen LogP contribution in [0.2, 0.25) is 0 Å². The lowest BCUT2D eigenvalue weighted by atomic mass is 10.1. The lowest BCUT2D eigenvalue weighted by molar-refractivity contribution is -0.150. The van der Waals surface area contributed by atoms with Crippen molar-refractivity contribution in [2.45, 2.75) is 13.0 Å². The summed E-state index contributed by atoms with van der Waals surface area (Å²) in [6.07, 6.45) is -1.46. The van der Waals surface area contributed by atoms with Crippen LogP contribution < -0.4 is 0 Å². The number of ether oxygens (including phenoxy) is 1. The van der Waals surface area contributed by atoms with E-state index in [0.717, 1.165) is 13.2 Å². The van der Waals surface area contributed by atoms with Crippen molar-refractivity contribution in [1.29, 1.82) is 0 Å². The molecule has 1 atom stereocenters. The van der Waals surface area contributed by atoms with Crippen molar-refractivity contribution in [3.05, 3.63) is 23.3 Å². The van der Waals surface area contributed by atoms with E-state index in [1.54, 1.807) is 6.92 Å². The van der Waals surface area contributed by atoms with Gasteiger partial charge in [-0.3, -0.25) is 0 Å². The van der Waals surface area contributed by atoms with Crippen molar-refractivity contribution in [2.75, 3.05) is 7.11 Å². The molecule has 0 fully saturated rings. The van der Waals surface area contributed by atoms with Gasteiger partial charge in [-0.1, -0.05) is 0 Å². The maximum absolute atomic E-state index is 11.0. The van der Waals surface area contributed by atoms with Crippen molar-refractivity contribution in [3.8, 4) is 11.5 Å². The Morgan fingerprint density at radius 2 is 2.00 bits per heavy atom. The number of carbonyl (C=O) groups is 1. The number of aliphatic hydroxyl groups is 1. The Bertz CT molecular complexity index is 362. The van der Waals surface area contributed by atoms with Gasteiger partial charge in [0.2, 0.25) is 0 Å². The summed E-state index contributed by atoms with van der Waals surface area (Å²) in [5, 5.41) is 28.0. The quantitative estimate of drug-likeness (QED) is 0.494. The summed E-state index contributed by atoms with van der Waals surface area (Å²) < 4.78 is 4.34. The molecule has 0 radical (unpaired) electrons. The molecule has 0 bridgehead atoms. The van der Waals surface area contributed by atoms with Gasteiger partial charge in [0.15, 0.2) is 17.6 Å². The fourth-order valence-corrected chi connectivity index (χ4v) is 1.19. The molecule has 0 spiro atoms. The molecule has 0 amide bonds. The number of benzene rings is 1. The number of aromatic hydroxyl groups is 2. The van der Waals surface area contributed by atoms with Gasteiger partial charge < -0.3 is 20.1 Å². The van der Waals surface area contributed by atoms with Gasteiger partial charge >= 0.3 is 5.97 Å². The monoisotopic (exact) mass is 212 g/mol. The predicted molar refractivity (Wildman–Crippen MR) is 51.5 cm³/mol. The minimum Gasteiger partial charge on any atom is -0.504 e. The molecule has 1 aromatic rings. The first kappa shape index (κ1) is 11.3. The highest BCUT2D eigenvalue weighted by atomic mass is 16.5. The summed E-state index contributed by atoms with van der Waals surface area (Å²) in [5.74, 6) is -1.47. The van der Waals surface area contributed by atoms with E-state index in [2.05, 4.69) is 4.74 Å². The molecule has 1 rings (SSSR count). The molecule has 0 aliphatic heterocycles. The van der Waals surface area contributed by atoms with Gasteiger partial charge in [0, 0.05) is 0 Å². The summed E-state index contributed by atoms with van der Waals surface area (Å²) in [6, 6.07) is 2.51. The highest BCUT2D eigenvalue weighted by Gasteiger charge is 2.20. The van der Waals surface area contributed by atoms with Gasteiger partial charge in [-0.25, -0.2) is 4.79 Å². The first-order chi connectivity index (χ1) is 6.97. The van der Waals surface area contributed by atoms with E-state index in [1.807, 2.05) is 0 Å². The van der Waals surface area contributed by atoms with Crippen LogP contribution >= 0.6 is 0 Å². The lowest BCUT2D eigenvalue weighted by Gasteiger charge is -2.11. The van der Waals surface area contributed by atoms with E-state index < -0.39 is 12.1 Å². The van der Waals surface area contributed by atoms with E-state index in [0.29, 0.717) is 5.56 Å². The number of carbonyl (C=O) groups excluding carboxylic acids is 1. The van der Waals surface area contributed by atoms with Crippen LogP contribution in [0.1, 0.15) is 17.2 Å². The SMILES string of the molecule is COC(=O)C(O)c1cc(C)c(O)c(O)c1. The number of methoxy groups -OCH3 is 1. The molecule has 0 saturated heterocycles. The summed E-state index contributed by atoms with van der Waals surface area (Å²) in [6.45, 7) is 1.54. The Morgan fingerprint density at radius 3 is 2.47 bits per heavy atom. The molecule has 0 saturated carbocycles. The third-order valence-electron chi connectivity index (χ3n) is 2.04. The molecule has 82 valence electrons. The molecule has 15 heavy (non-hydrogen) atoms. The number of phenols is 2. The average Bonchev–Trinajstić information content (AvgIpc) is 2.23. The number of phenolic OH excluding ortho intramolecular Hbond substituents is 2. The first-order valence-corrected chi connectivity index (χ1v) is 4.25. The molecule has 0 aliphatic rings. The Morgan fingerprint density at radius 1 is 1.40 bits per heavy atom. The van der Waals surface area contributed by atoms with Crippen molar-refractivity contribution in [1.82, 2.24) is 0 Å². The summed E-state index contributed by atoms with van der Waals surface area (Å²) >= 11 is 0. The van der Waals surface area contributed by atoms with Crippen LogP contribution in [0, 0.1) is 6.92 Å². The first-order valence-electron chi connectivity index (χ1n) is 4.25. The fourth-order valence-electron chi connectivity index (χ4n) is 1.19. The van der Waals surface area contributed by atoms with E-state index in [4.69, 9.17) is 0 Å². The second-order valence-corrected chi connectivity index (χ2v) is 3.13. The van der Waals surface area contributed by atoms with Gasteiger partial charge in [-0.05, 0) is 30.2 Å². The van der Waals surface area contributed by atoms with Crippen molar-refractivity contribution in [3.63, 3.8) is 0 Å². The Balaban J connectivity index is 3.11. The smallest absolute Gasteiger partial charge is 0.339 e. The maximum atomic E-state index is 11.0. The molecule has 1 unspecified atom stereocenters. The van der Waals surface area contributed by atoms with E-state index in [1.165, 1.54) is 6.07 Å². The normalized spacial score (nSPS) is 12.2. The van der Waals surface area contributed by atoms with Gasteiger partial charge in [0.05, 0.1) is 7.11 Å². The third-order valence-corrected chi connectivity index (χ3v) is 2.04. The highest BCUT2D eigenvalue weighted by molar-refractivity contribution is 5.76. The molecular weight excluding hydrogens is 200 g/mol. The predicted octanol–water partition coefficient (Wildman–Crippen LogP) is 0.613. The second-order valence-electron chi connectivity index (χ2n) is 3.13. The van der Waals surface area contributed by atoms with Crippen molar-refractivity contribution in [2.24, 2.45) is 0 Å². The largest absolute Gasteiger partial charge is 0.504 e. The molecule has 0 heterocycles. The van der Waals surface area contributed by atoms with Crippen molar-refractivity contribution < 1.29 is 24.9 Å². The van der Waals surface area contributed by atoms with Crippen LogP contribution in [0.15, 0.2) is 12.1 Å². The molecule has 0 aromatic heterocycles. The van der Waals surface area contributed by atoms with Crippen LogP contribution in [-0.4, -0.2) is 28.4 Å². The molecule has 3 N–H and O–H groups in total. The molecule has 5 heteroatoms. The second kappa shape index (κ2) is 4.18. The Kier molecular flexibility index (Phi) is 3.16. The number of hydrogen-bond donors (Lipinski definition) is 3. The number of rotatable bonds is 2. The molecule has 1 aromatic carbocycles. The van der Waals surface area contributed by atoms with Crippen molar-refractivity contribution >= 4 is 5.97 Å². The molecule has 0 aliphatic carbocycles. The Hall–Kier alpha value is -1.75. The van der Waals surface area contributed by atoms with Gasteiger partial charge in [-0.2, -0.15) is 0 Å². The molecular formula is C10H12O5. The summed E-state index contributed by atoms with van der Waals surface area (Å²) in [4.78, 5) is 11.0. The number of esters is 1. The number of hydrogen-bond acceptors (Lipinski definition) is 5. The highest BCUT2D eigenvalue weighted by Crippen LogP contribution is 2.32. The third kappa shape index (κ3) is 2.19. The van der Waals surface area contributed by atoms with E-state index in [-0.39, 0.29) is 17.1 Å². The standard InChI is InChI=1S/C10H12O5/c1-5-3-6(4-7(11)8(5)12)9(13)10(14)15-2/h3-4,9,11-13H,1-2H3. The van der Waals surface area contributed by atoms with Crippen LogP contribution in [0.5, 0.6) is 11.5 Å². The maximum Gasteiger partial charge on any atom is 0.339 e. The number of aliphatic hydroxyl groups excluding tert-OH is 1. The van der Waals surface area contributed by atoms with Gasteiger partial charge in [0.25, 0.3) is 0 Å². The Labute approximate surface area is 86.5 Å². The van der Waals surface area contributed by atoms with Crippen LogP contribution in [0.4, 0.5) is 0 Å². The average molecular weight is 212 g/mol. The topological polar surface area (TPSA) is 87.0 Å². The number of aryl methyl sites for hydroxylation is 1. The van der Waals surface area contributed by atoms with Crippen LogP contribution in [0.25, 0.3) is 0 Å². The van der Waals surface area contributed by atoms with Crippen LogP contribution in [0.3, 0.4) is 0 Å².